The normalized spacial score (nSPS) is 13.2. The molecule has 0 heterocycles. The molecule has 4 nitrogen and oxygen atoms in total. The molecular weight excluding hydrogens is 272 g/mol. The van der Waals surface area contributed by atoms with Gasteiger partial charge in [-0.3, -0.25) is 10.1 Å². The first-order valence-electron chi connectivity index (χ1n) is 6.95. The summed E-state index contributed by atoms with van der Waals surface area (Å²) >= 11 is 1.74. The fraction of sp³-hybridized carbons (Fsp3) is 0.600. The zero-order valence-electron chi connectivity index (χ0n) is 12.7. The summed E-state index contributed by atoms with van der Waals surface area (Å²) in [6.45, 7) is 9.88. The Labute approximate surface area is 125 Å². The highest BCUT2D eigenvalue weighted by Gasteiger charge is 2.23. The van der Waals surface area contributed by atoms with E-state index in [1.165, 1.54) is 0 Å². The van der Waals surface area contributed by atoms with Crippen molar-refractivity contribution in [3.63, 3.8) is 0 Å². The fourth-order valence-corrected chi connectivity index (χ4v) is 3.08. The maximum absolute atomic E-state index is 10.6. The molecule has 0 saturated carbocycles. The van der Waals surface area contributed by atoms with E-state index in [9.17, 15) is 10.1 Å². The van der Waals surface area contributed by atoms with Gasteiger partial charge in [-0.25, -0.2) is 0 Å². The molecule has 0 aliphatic rings. The van der Waals surface area contributed by atoms with Crippen LogP contribution >= 0.6 is 11.8 Å². The molecule has 0 aliphatic carbocycles. The van der Waals surface area contributed by atoms with Crippen molar-refractivity contribution in [3.8, 4) is 0 Å². The van der Waals surface area contributed by atoms with Crippen molar-refractivity contribution in [1.29, 1.82) is 0 Å². The predicted octanol–water partition coefficient (Wildman–Crippen LogP) is 4.10. The third-order valence-electron chi connectivity index (χ3n) is 3.15. The van der Waals surface area contributed by atoms with Gasteiger partial charge in [-0.05, 0) is 30.5 Å². The third kappa shape index (κ3) is 5.51. The average Bonchev–Trinajstić information content (AvgIpc) is 2.37. The van der Waals surface area contributed by atoms with Crippen LogP contribution in [-0.4, -0.2) is 23.3 Å². The lowest BCUT2D eigenvalue weighted by Gasteiger charge is -2.31. The molecule has 5 heteroatoms. The van der Waals surface area contributed by atoms with Gasteiger partial charge in [-0.1, -0.05) is 27.7 Å². The highest BCUT2D eigenvalue weighted by Crippen LogP contribution is 2.27. The van der Waals surface area contributed by atoms with Crippen LogP contribution in [0.5, 0.6) is 0 Å². The van der Waals surface area contributed by atoms with E-state index >= 15 is 0 Å². The number of non-ortho nitro benzene ring substituents is 1. The van der Waals surface area contributed by atoms with Gasteiger partial charge < -0.3 is 5.32 Å². The van der Waals surface area contributed by atoms with Gasteiger partial charge in [-0.15, -0.1) is 11.8 Å². The molecule has 1 unspecified atom stereocenters. The Bertz CT molecular complexity index is 426. The van der Waals surface area contributed by atoms with Gasteiger partial charge in [0.1, 0.15) is 0 Å². The minimum Gasteiger partial charge on any atom is -0.313 e. The molecule has 1 atom stereocenters. The number of thioether (sulfide) groups is 1. The van der Waals surface area contributed by atoms with Crippen molar-refractivity contribution in [2.45, 2.75) is 45.1 Å². The summed E-state index contributed by atoms with van der Waals surface area (Å²) in [5, 5.41) is 14.2. The molecule has 20 heavy (non-hydrogen) atoms. The highest BCUT2D eigenvalue weighted by molar-refractivity contribution is 7.99. The van der Waals surface area contributed by atoms with Gasteiger partial charge >= 0.3 is 0 Å². The van der Waals surface area contributed by atoms with E-state index in [0.29, 0.717) is 6.04 Å². The number of hydrogen-bond acceptors (Lipinski definition) is 4. The second-order valence-electron chi connectivity index (χ2n) is 5.93. The molecule has 0 aliphatic heterocycles. The van der Waals surface area contributed by atoms with Crippen LogP contribution in [0.15, 0.2) is 29.2 Å². The summed E-state index contributed by atoms with van der Waals surface area (Å²) in [6.07, 6.45) is 1.12. The van der Waals surface area contributed by atoms with E-state index in [0.717, 1.165) is 23.6 Å². The minimum absolute atomic E-state index is 0.144. The Balaban J connectivity index is 2.60. The maximum atomic E-state index is 10.6. The smallest absolute Gasteiger partial charge is 0.269 e. The molecule has 0 amide bonds. The summed E-state index contributed by atoms with van der Waals surface area (Å²) in [5.74, 6) is 0.960. The lowest BCUT2D eigenvalue weighted by atomic mass is 9.88. The molecule has 0 fully saturated rings. The maximum Gasteiger partial charge on any atom is 0.269 e. The second kappa shape index (κ2) is 7.64. The minimum atomic E-state index is -0.366. The zero-order valence-corrected chi connectivity index (χ0v) is 13.5. The van der Waals surface area contributed by atoms with Crippen LogP contribution in [0.3, 0.4) is 0 Å². The Morgan fingerprint density at radius 1 is 1.30 bits per heavy atom. The topological polar surface area (TPSA) is 55.2 Å². The first-order chi connectivity index (χ1) is 9.34. The molecule has 0 radical (unpaired) electrons. The summed E-state index contributed by atoms with van der Waals surface area (Å²) in [5.41, 5.74) is 0.342. The quantitative estimate of drug-likeness (QED) is 0.467. The van der Waals surface area contributed by atoms with Gasteiger partial charge in [0, 0.05) is 28.8 Å². The molecule has 0 bridgehead atoms. The monoisotopic (exact) mass is 296 g/mol. The van der Waals surface area contributed by atoms with Crippen LogP contribution < -0.4 is 5.32 Å². The number of nitrogens with zero attached hydrogens (tertiary/aromatic N) is 1. The molecule has 0 saturated heterocycles. The molecule has 1 aromatic rings. The standard InChI is InChI=1S/C15H24N2O2S/c1-5-10-16-14(15(2,3)4)11-20-13-8-6-12(7-9-13)17(18)19/h6-9,14,16H,5,10-11H2,1-4H3. The summed E-state index contributed by atoms with van der Waals surface area (Å²) in [6, 6.07) is 7.19. The molecule has 1 N–H and O–H groups in total. The number of benzene rings is 1. The van der Waals surface area contributed by atoms with E-state index in [4.69, 9.17) is 0 Å². The van der Waals surface area contributed by atoms with Crippen molar-refractivity contribution in [1.82, 2.24) is 5.32 Å². The van der Waals surface area contributed by atoms with Crippen molar-refractivity contribution in [2.75, 3.05) is 12.3 Å². The predicted molar refractivity (Wildman–Crippen MR) is 85.4 cm³/mol. The van der Waals surface area contributed by atoms with Crippen molar-refractivity contribution >= 4 is 17.4 Å². The molecule has 1 rings (SSSR count). The first kappa shape index (κ1) is 17.0. The lowest BCUT2D eigenvalue weighted by molar-refractivity contribution is -0.384. The lowest BCUT2D eigenvalue weighted by Crippen LogP contribution is -2.42. The number of rotatable bonds is 7. The second-order valence-corrected chi connectivity index (χ2v) is 7.03. The van der Waals surface area contributed by atoms with Crippen LogP contribution in [-0.2, 0) is 0 Å². The van der Waals surface area contributed by atoms with E-state index in [1.54, 1.807) is 23.9 Å². The third-order valence-corrected chi connectivity index (χ3v) is 4.26. The highest BCUT2D eigenvalue weighted by atomic mass is 32.2. The number of nitro groups is 1. The van der Waals surface area contributed by atoms with Crippen molar-refractivity contribution in [2.24, 2.45) is 5.41 Å². The van der Waals surface area contributed by atoms with E-state index in [1.807, 2.05) is 12.1 Å². The summed E-state index contributed by atoms with van der Waals surface area (Å²) < 4.78 is 0. The summed E-state index contributed by atoms with van der Waals surface area (Å²) in [7, 11) is 0. The van der Waals surface area contributed by atoms with Crippen LogP contribution in [0.4, 0.5) is 5.69 Å². The Hall–Kier alpha value is -1.07. The number of nitrogens with one attached hydrogen (secondary N) is 1. The van der Waals surface area contributed by atoms with Gasteiger partial charge in [0.05, 0.1) is 4.92 Å². The molecule has 0 aromatic heterocycles. The molecule has 0 spiro atoms. The largest absolute Gasteiger partial charge is 0.313 e. The van der Waals surface area contributed by atoms with Crippen LogP contribution in [0, 0.1) is 15.5 Å². The van der Waals surface area contributed by atoms with E-state index in [-0.39, 0.29) is 16.0 Å². The van der Waals surface area contributed by atoms with Gasteiger partial charge in [-0.2, -0.15) is 0 Å². The zero-order chi connectivity index (χ0) is 15.2. The Kier molecular flexibility index (Phi) is 6.49. The SMILES string of the molecule is CCCNC(CSc1ccc([N+](=O)[O-])cc1)C(C)(C)C. The average molecular weight is 296 g/mol. The van der Waals surface area contributed by atoms with Crippen LogP contribution in [0.1, 0.15) is 34.1 Å². The summed E-state index contributed by atoms with van der Waals surface area (Å²) in [4.78, 5) is 11.3. The number of hydrogen-bond donors (Lipinski definition) is 1. The Morgan fingerprint density at radius 2 is 1.90 bits per heavy atom. The molecule has 1 aromatic carbocycles. The van der Waals surface area contributed by atoms with Gasteiger partial charge in [0.15, 0.2) is 0 Å². The van der Waals surface area contributed by atoms with E-state index in [2.05, 4.69) is 33.0 Å². The van der Waals surface area contributed by atoms with Crippen LogP contribution in [0.2, 0.25) is 0 Å². The molecular formula is C15H24N2O2S. The van der Waals surface area contributed by atoms with Gasteiger partial charge in [0.2, 0.25) is 0 Å². The first-order valence-corrected chi connectivity index (χ1v) is 7.93. The van der Waals surface area contributed by atoms with E-state index < -0.39 is 0 Å². The fourth-order valence-electron chi connectivity index (χ4n) is 1.78. The van der Waals surface area contributed by atoms with Crippen LogP contribution in [0.25, 0.3) is 0 Å². The van der Waals surface area contributed by atoms with Crippen molar-refractivity contribution < 1.29 is 4.92 Å². The Morgan fingerprint density at radius 3 is 2.35 bits per heavy atom. The van der Waals surface area contributed by atoms with Crippen molar-refractivity contribution in [3.05, 3.63) is 34.4 Å². The number of nitro benzene ring substituents is 1. The van der Waals surface area contributed by atoms with Gasteiger partial charge in [0.25, 0.3) is 5.69 Å². The molecule has 112 valence electrons.